The lowest BCUT2D eigenvalue weighted by Crippen LogP contribution is -2.41. The van der Waals surface area contributed by atoms with Crippen LogP contribution in [-0.2, 0) is 4.79 Å². The molecule has 3 aromatic rings. The monoisotopic (exact) mass is 444 g/mol. The van der Waals surface area contributed by atoms with Gasteiger partial charge in [-0.2, -0.15) is 0 Å². The van der Waals surface area contributed by atoms with E-state index in [0.29, 0.717) is 48.4 Å². The summed E-state index contributed by atoms with van der Waals surface area (Å²) in [5.41, 5.74) is 13.6. The van der Waals surface area contributed by atoms with Crippen LogP contribution in [0.5, 0.6) is 0 Å². The number of rotatable bonds is 5. The SMILES string of the molecule is NC(=O)C1CCN(C(=O)c2ccc(-c3cnc(N)c(C(=O)Nc4ccccc4)n3)cc2)CC1. The first kappa shape index (κ1) is 21.9. The third-order valence-corrected chi connectivity index (χ3v) is 5.66. The Bertz CT molecular complexity index is 1170. The van der Waals surface area contributed by atoms with Crippen molar-refractivity contribution < 1.29 is 14.4 Å². The van der Waals surface area contributed by atoms with Crippen LogP contribution in [0, 0.1) is 5.92 Å². The number of nitrogens with one attached hydrogen (secondary N) is 1. The highest BCUT2D eigenvalue weighted by atomic mass is 16.2. The molecular weight excluding hydrogens is 420 g/mol. The van der Waals surface area contributed by atoms with E-state index in [2.05, 4.69) is 15.3 Å². The lowest BCUT2D eigenvalue weighted by atomic mass is 9.96. The molecule has 5 N–H and O–H groups in total. The average molecular weight is 444 g/mol. The van der Waals surface area contributed by atoms with E-state index >= 15 is 0 Å². The van der Waals surface area contributed by atoms with Gasteiger partial charge in [0.15, 0.2) is 11.5 Å². The Hall–Kier alpha value is -4.27. The summed E-state index contributed by atoms with van der Waals surface area (Å²) in [4.78, 5) is 47.0. The number of amides is 3. The minimum absolute atomic E-state index is 0.0221. The Kier molecular flexibility index (Phi) is 6.30. The summed E-state index contributed by atoms with van der Waals surface area (Å²) in [5, 5.41) is 2.75. The molecule has 0 saturated carbocycles. The predicted molar refractivity (Wildman–Crippen MR) is 124 cm³/mol. The van der Waals surface area contributed by atoms with Crippen molar-refractivity contribution in [3.63, 3.8) is 0 Å². The Morgan fingerprint density at radius 1 is 0.970 bits per heavy atom. The van der Waals surface area contributed by atoms with Gasteiger partial charge in [-0.1, -0.05) is 30.3 Å². The maximum Gasteiger partial charge on any atom is 0.278 e. The van der Waals surface area contributed by atoms with Crippen LogP contribution in [0.3, 0.4) is 0 Å². The zero-order chi connectivity index (χ0) is 23.4. The molecule has 0 radical (unpaired) electrons. The zero-order valence-electron chi connectivity index (χ0n) is 17.9. The summed E-state index contributed by atoms with van der Waals surface area (Å²) < 4.78 is 0. The number of primary amides is 1. The second kappa shape index (κ2) is 9.47. The van der Waals surface area contributed by atoms with Gasteiger partial charge in [0.25, 0.3) is 11.8 Å². The number of piperidine rings is 1. The number of aromatic nitrogens is 2. The summed E-state index contributed by atoms with van der Waals surface area (Å²) in [6, 6.07) is 15.9. The molecule has 9 nitrogen and oxygen atoms in total. The summed E-state index contributed by atoms with van der Waals surface area (Å²) in [6.45, 7) is 0.995. The van der Waals surface area contributed by atoms with Crippen LogP contribution in [0.15, 0.2) is 60.8 Å². The topological polar surface area (TPSA) is 144 Å². The number of para-hydroxylation sites is 1. The fourth-order valence-electron chi connectivity index (χ4n) is 3.75. The van der Waals surface area contributed by atoms with E-state index in [4.69, 9.17) is 11.5 Å². The largest absolute Gasteiger partial charge is 0.382 e. The van der Waals surface area contributed by atoms with E-state index < -0.39 is 5.91 Å². The predicted octanol–water partition coefficient (Wildman–Crippen LogP) is 2.32. The van der Waals surface area contributed by atoms with Crippen molar-refractivity contribution in [3.8, 4) is 11.3 Å². The molecule has 0 bridgehead atoms. The zero-order valence-corrected chi connectivity index (χ0v) is 17.9. The molecule has 1 aliphatic rings. The van der Waals surface area contributed by atoms with Crippen LogP contribution in [-0.4, -0.2) is 45.7 Å². The standard InChI is InChI=1S/C24H24N6O3/c25-21-20(23(32)28-18-4-2-1-3-5-18)29-19(14-27-21)15-6-8-17(9-7-15)24(33)30-12-10-16(11-13-30)22(26)31/h1-9,14,16H,10-13H2,(H2,25,27)(H2,26,31)(H,28,32). The second-order valence-corrected chi connectivity index (χ2v) is 7.86. The molecule has 2 aromatic carbocycles. The van der Waals surface area contributed by atoms with E-state index in [1.165, 1.54) is 6.20 Å². The smallest absolute Gasteiger partial charge is 0.278 e. The number of nitrogen functional groups attached to an aromatic ring is 1. The Balaban J connectivity index is 1.47. The molecule has 2 heterocycles. The van der Waals surface area contributed by atoms with Gasteiger partial charge in [-0.05, 0) is 37.1 Å². The van der Waals surface area contributed by atoms with Crippen molar-refractivity contribution in [2.24, 2.45) is 11.7 Å². The lowest BCUT2D eigenvalue weighted by Gasteiger charge is -2.30. The van der Waals surface area contributed by atoms with Gasteiger partial charge in [0.05, 0.1) is 11.9 Å². The van der Waals surface area contributed by atoms with Crippen LogP contribution >= 0.6 is 0 Å². The van der Waals surface area contributed by atoms with Crippen molar-refractivity contribution in [1.29, 1.82) is 0 Å². The van der Waals surface area contributed by atoms with E-state index in [9.17, 15) is 14.4 Å². The number of hydrogen-bond donors (Lipinski definition) is 3. The van der Waals surface area contributed by atoms with Crippen LogP contribution in [0.25, 0.3) is 11.3 Å². The van der Waals surface area contributed by atoms with Gasteiger partial charge < -0.3 is 21.7 Å². The fourth-order valence-corrected chi connectivity index (χ4v) is 3.75. The number of anilines is 2. The van der Waals surface area contributed by atoms with Crippen molar-refractivity contribution in [1.82, 2.24) is 14.9 Å². The number of carbonyl (C=O) groups excluding carboxylic acids is 3. The molecule has 33 heavy (non-hydrogen) atoms. The van der Waals surface area contributed by atoms with Gasteiger partial charge in [0, 0.05) is 35.8 Å². The highest BCUT2D eigenvalue weighted by molar-refractivity contribution is 6.06. The van der Waals surface area contributed by atoms with E-state index in [0.717, 1.165) is 0 Å². The number of benzene rings is 2. The van der Waals surface area contributed by atoms with Crippen molar-refractivity contribution >= 4 is 29.2 Å². The first-order valence-corrected chi connectivity index (χ1v) is 10.6. The second-order valence-electron chi connectivity index (χ2n) is 7.86. The number of nitrogens with two attached hydrogens (primary N) is 2. The number of hydrogen-bond acceptors (Lipinski definition) is 6. The molecule has 3 amide bonds. The molecule has 1 aliphatic heterocycles. The first-order chi connectivity index (χ1) is 15.9. The minimum Gasteiger partial charge on any atom is -0.382 e. The van der Waals surface area contributed by atoms with E-state index in [1.807, 2.05) is 18.2 Å². The van der Waals surface area contributed by atoms with Crippen molar-refractivity contribution in [3.05, 3.63) is 72.1 Å². The third-order valence-electron chi connectivity index (χ3n) is 5.66. The minimum atomic E-state index is -0.459. The summed E-state index contributed by atoms with van der Waals surface area (Å²) in [6.07, 6.45) is 2.64. The Morgan fingerprint density at radius 3 is 2.27 bits per heavy atom. The van der Waals surface area contributed by atoms with Crippen LogP contribution < -0.4 is 16.8 Å². The van der Waals surface area contributed by atoms with Gasteiger partial charge in [-0.3, -0.25) is 14.4 Å². The van der Waals surface area contributed by atoms with Crippen LogP contribution in [0.4, 0.5) is 11.5 Å². The van der Waals surface area contributed by atoms with E-state index in [1.54, 1.807) is 41.3 Å². The molecule has 0 unspecified atom stereocenters. The molecule has 0 atom stereocenters. The Morgan fingerprint density at radius 2 is 1.64 bits per heavy atom. The molecule has 0 aliphatic carbocycles. The molecule has 4 rings (SSSR count). The van der Waals surface area contributed by atoms with Gasteiger partial charge in [-0.25, -0.2) is 9.97 Å². The number of carbonyl (C=O) groups is 3. The highest BCUT2D eigenvalue weighted by Crippen LogP contribution is 2.22. The van der Waals surface area contributed by atoms with E-state index in [-0.39, 0.29) is 29.2 Å². The first-order valence-electron chi connectivity index (χ1n) is 10.6. The summed E-state index contributed by atoms with van der Waals surface area (Å²) >= 11 is 0. The quantitative estimate of drug-likeness (QED) is 0.551. The van der Waals surface area contributed by atoms with Crippen LogP contribution in [0.1, 0.15) is 33.7 Å². The lowest BCUT2D eigenvalue weighted by molar-refractivity contribution is -0.123. The number of likely N-dealkylation sites (tertiary alicyclic amines) is 1. The normalized spacial score (nSPS) is 14.0. The molecule has 1 aromatic heterocycles. The maximum absolute atomic E-state index is 12.8. The van der Waals surface area contributed by atoms with Crippen molar-refractivity contribution in [2.45, 2.75) is 12.8 Å². The van der Waals surface area contributed by atoms with Crippen molar-refractivity contribution in [2.75, 3.05) is 24.1 Å². The van der Waals surface area contributed by atoms with Gasteiger partial charge in [-0.15, -0.1) is 0 Å². The molecule has 1 fully saturated rings. The molecule has 1 saturated heterocycles. The summed E-state index contributed by atoms with van der Waals surface area (Å²) in [7, 11) is 0. The average Bonchev–Trinajstić information content (AvgIpc) is 2.84. The molecule has 9 heteroatoms. The van der Waals surface area contributed by atoms with Gasteiger partial charge >= 0.3 is 0 Å². The third kappa shape index (κ3) is 4.98. The van der Waals surface area contributed by atoms with Gasteiger partial charge in [0.2, 0.25) is 5.91 Å². The molecular formula is C24H24N6O3. The highest BCUT2D eigenvalue weighted by Gasteiger charge is 2.26. The van der Waals surface area contributed by atoms with Crippen LogP contribution in [0.2, 0.25) is 0 Å². The molecule has 0 spiro atoms. The van der Waals surface area contributed by atoms with Gasteiger partial charge in [0.1, 0.15) is 0 Å². The maximum atomic E-state index is 12.8. The summed E-state index contributed by atoms with van der Waals surface area (Å²) in [5.74, 6) is -1.02. The number of nitrogens with zero attached hydrogens (tertiary/aromatic N) is 3. The Labute approximate surface area is 190 Å². The fraction of sp³-hybridized carbons (Fsp3) is 0.208. The molecule has 168 valence electrons.